The van der Waals surface area contributed by atoms with Crippen molar-refractivity contribution in [3.05, 3.63) is 34.9 Å². The maximum Gasteiger partial charge on any atom is 0.410 e. The largest absolute Gasteiger partial charge is 0.481 e. The van der Waals surface area contributed by atoms with Gasteiger partial charge in [0.2, 0.25) is 0 Å². The summed E-state index contributed by atoms with van der Waals surface area (Å²) in [7, 11) is 0. The molecule has 1 aromatic carbocycles. The van der Waals surface area contributed by atoms with Crippen molar-refractivity contribution in [3.63, 3.8) is 0 Å². The van der Waals surface area contributed by atoms with E-state index in [0.717, 1.165) is 12.8 Å². The molecule has 2 aliphatic rings. The number of nitrogens with zero attached hydrogens (tertiary/aromatic N) is 1. The van der Waals surface area contributed by atoms with Crippen molar-refractivity contribution in [2.24, 2.45) is 5.41 Å². The van der Waals surface area contributed by atoms with Gasteiger partial charge in [0.25, 0.3) is 0 Å². The van der Waals surface area contributed by atoms with Crippen LogP contribution in [0.5, 0.6) is 0 Å². The summed E-state index contributed by atoms with van der Waals surface area (Å²) >= 11 is 5.93. The summed E-state index contributed by atoms with van der Waals surface area (Å²) in [5.74, 6) is -1.72. The number of hydrogen-bond acceptors (Lipinski definition) is 3. The topological polar surface area (TPSA) is 66.8 Å². The molecule has 2 fully saturated rings. The molecule has 1 aromatic rings. The Labute approximate surface area is 152 Å². The predicted molar refractivity (Wildman–Crippen MR) is 94.8 cm³/mol. The Morgan fingerprint density at radius 3 is 2.36 bits per heavy atom. The molecule has 0 aromatic heterocycles. The van der Waals surface area contributed by atoms with E-state index in [9.17, 15) is 14.7 Å². The van der Waals surface area contributed by atoms with Crippen LogP contribution in [0.4, 0.5) is 4.79 Å². The molecule has 1 saturated heterocycles. The van der Waals surface area contributed by atoms with Crippen LogP contribution in [0.3, 0.4) is 0 Å². The summed E-state index contributed by atoms with van der Waals surface area (Å²) in [5.41, 5.74) is 0.120. The number of rotatable bonds is 3. The lowest BCUT2D eigenvalue weighted by Gasteiger charge is -2.31. The van der Waals surface area contributed by atoms with Crippen molar-refractivity contribution in [2.45, 2.75) is 57.6 Å². The minimum absolute atomic E-state index is 0.0711. The fourth-order valence-electron chi connectivity index (χ4n) is 3.65. The van der Waals surface area contributed by atoms with E-state index < -0.39 is 29.6 Å². The molecule has 136 valence electrons. The van der Waals surface area contributed by atoms with Crippen LogP contribution in [0.1, 0.15) is 51.5 Å². The Kier molecular flexibility index (Phi) is 4.48. The maximum absolute atomic E-state index is 12.7. The van der Waals surface area contributed by atoms with Gasteiger partial charge in [-0.05, 0) is 63.1 Å². The monoisotopic (exact) mass is 365 g/mol. The second-order valence-electron chi connectivity index (χ2n) is 8.25. The number of carbonyl (C=O) groups excluding carboxylic acids is 1. The van der Waals surface area contributed by atoms with Gasteiger partial charge in [-0.15, -0.1) is 0 Å². The van der Waals surface area contributed by atoms with Gasteiger partial charge in [0.15, 0.2) is 0 Å². The molecular weight excluding hydrogens is 342 g/mol. The third-order valence-corrected chi connectivity index (χ3v) is 5.27. The average Bonchev–Trinajstić information content (AvgIpc) is 3.12. The van der Waals surface area contributed by atoms with Crippen molar-refractivity contribution in [1.82, 2.24) is 4.90 Å². The van der Waals surface area contributed by atoms with Crippen LogP contribution >= 0.6 is 11.6 Å². The molecule has 3 rings (SSSR count). The molecule has 25 heavy (non-hydrogen) atoms. The van der Waals surface area contributed by atoms with Crippen molar-refractivity contribution in [3.8, 4) is 0 Å². The van der Waals surface area contributed by atoms with Gasteiger partial charge >= 0.3 is 12.1 Å². The second kappa shape index (κ2) is 6.20. The molecule has 1 heterocycles. The van der Waals surface area contributed by atoms with Gasteiger partial charge in [-0.3, -0.25) is 4.79 Å². The summed E-state index contributed by atoms with van der Waals surface area (Å²) in [6, 6.07) is 6.42. The number of benzene rings is 1. The summed E-state index contributed by atoms with van der Waals surface area (Å²) in [6.45, 7) is 6.02. The fraction of sp³-hybridized carbons (Fsp3) is 0.579. The number of aliphatic carboxylic acids is 1. The molecule has 1 saturated carbocycles. The van der Waals surface area contributed by atoms with Crippen molar-refractivity contribution < 1.29 is 19.4 Å². The Morgan fingerprint density at radius 1 is 1.28 bits per heavy atom. The normalized spacial score (nSPS) is 22.7. The lowest BCUT2D eigenvalue weighted by Crippen LogP contribution is -2.44. The highest BCUT2D eigenvalue weighted by molar-refractivity contribution is 6.30. The van der Waals surface area contributed by atoms with Gasteiger partial charge in [0, 0.05) is 11.6 Å². The highest BCUT2D eigenvalue weighted by atomic mass is 35.5. The Hall–Kier alpha value is -1.75. The predicted octanol–water partition coefficient (Wildman–Crippen LogP) is 4.30. The Balaban J connectivity index is 1.91. The van der Waals surface area contributed by atoms with Crippen LogP contribution in [0, 0.1) is 5.41 Å². The quantitative estimate of drug-likeness (QED) is 0.867. The van der Waals surface area contributed by atoms with Gasteiger partial charge in [0.1, 0.15) is 11.5 Å². The van der Waals surface area contributed by atoms with Gasteiger partial charge < -0.3 is 14.7 Å². The third-order valence-electron chi connectivity index (χ3n) is 5.01. The lowest BCUT2D eigenvalue weighted by atomic mass is 9.87. The third kappa shape index (κ3) is 3.92. The summed E-state index contributed by atoms with van der Waals surface area (Å²) in [4.78, 5) is 26.4. The fourth-order valence-corrected chi connectivity index (χ4v) is 3.78. The van der Waals surface area contributed by atoms with Crippen LogP contribution in [0.2, 0.25) is 5.02 Å². The number of amides is 1. The summed E-state index contributed by atoms with van der Waals surface area (Å²) in [5, 5.41) is 10.4. The van der Waals surface area contributed by atoms with E-state index in [1.165, 1.54) is 0 Å². The number of carboxylic acid groups (broad SMARTS) is 1. The molecule has 1 aliphatic carbocycles. The minimum Gasteiger partial charge on any atom is -0.481 e. The zero-order valence-electron chi connectivity index (χ0n) is 14.8. The highest BCUT2D eigenvalue weighted by Gasteiger charge is 2.56. The van der Waals surface area contributed by atoms with Gasteiger partial charge in [-0.2, -0.15) is 0 Å². The van der Waals surface area contributed by atoms with Crippen LogP contribution in [0.15, 0.2) is 24.3 Å². The van der Waals surface area contributed by atoms with Crippen molar-refractivity contribution in [2.75, 3.05) is 6.54 Å². The van der Waals surface area contributed by atoms with E-state index in [1.807, 2.05) is 20.8 Å². The van der Waals surface area contributed by atoms with E-state index in [0.29, 0.717) is 23.6 Å². The molecule has 5 nitrogen and oxygen atoms in total. The van der Waals surface area contributed by atoms with E-state index in [1.54, 1.807) is 29.2 Å². The molecule has 0 radical (unpaired) electrons. The number of likely N-dealkylation sites (tertiary alicyclic amines) is 1. The first-order valence-corrected chi connectivity index (χ1v) is 8.96. The van der Waals surface area contributed by atoms with Gasteiger partial charge in [0.05, 0.1) is 6.04 Å². The van der Waals surface area contributed by atoms with Crippen LogP contribution in [-0.2, 0) is 9.53 Å². The summed E-state index contributed by atoms with van der Waals surface area (Å²) in [6.07, 6.45) is 2.35. The van der Waals surface area contributed by atoms with E-state index in [2.05, 4.69) is 0 Å². The number of hydrogen-bond donors (Lipinski definition) is 1. The zero-order chi connectivity index (χ0) is 18.4. The minimum atomic E-state index is -0.932. The van der Waals surface area contributed by atoms with Crippen LogP contribution < -0.4 is 0 Å². The number of carboxylic acids is 1. The molecule has 1 aliphatic heterocycles. The molecular formula is C19H24ClNO4. The first-order valence-electron chi connectivity index (χ1n) is 8.58. The maximum atomic E-state index is 12.7. The lowest BCUT2D eigenvalue weighted by molar-refractivity contribution is -0.140. The van der Waals surface area contributed by atoms with Crippen LogP contribution in [0.25, 0.3) is 0 Å². The smallest absolute Gasteiger partial charge is 0.410 e. The van der Waals surface area contributed by atoms with Crippen molar-refractivity contribution in [1.29, 1.82) is 0 Å². The molecule has 1 unspecified atom stereocenters. The number of ether oxygens (including phenoxy) is 1. The zero-order valence-corrected chi connectivity index (χ0v) is 15.5. The Bertz CT molecular complexity index is 676. The molecule has 2 atom stereocenters. The standard InChI is InChI=1S/C19H24ClNO4/c1-18(2,3)25-17(24)21-11-19(8-9-19)10-14(21)15(16(22)23)12-4-6-13(20)7-5-12/h4-7,14-15H,8-11H2,1-3H3,(H,22,23)/t14-,15?/m0/s1. The van der Waals surface area contributed by atoms with Crippen molar-refractivity contribution >= 4 is 23.7 Å². The molecule has 0 bridgehead atoms. The molecule has 1 spiro atoms. The number of carbonyl (C=O) groups is 2. The van der Waals surface area contributed by atoms with Gasteiger partial charge in [-0.1, -0.05) is 23.7 Å². The van der Waals surface area contributed by atoms with Crippen LogP contribution in [-0.4, -0.2) is 40.3 Å². The summed E-state index contributed by atoms with van der Waals surface area (Å²) < 4.78 is 5.53. The first-order chi connectivity index (χ1) is 11.6. The average molecular weight is 366 g/mol. The SMILES string of the molecule is CC(C)(C)OC(=O)N1CC2(CC2)C[C@H]1C(C(=O)O)c1ccc(Cl)cc1. The molecule has 1 N–H and O–H groups in total. The van der Waals surface area contributed by atoms with E-state index in [-0.39, 0.29) is 5.41 Å². The Morgan fingerprint density at radius 2 is 1.88 bits per heavy atom. The second-order valence-corrected chi connectivity index (χ2v) is 8.68. The molecule has 1 amide bonds. The number of halogens is 1. The van der Waals surface area contributed by atoms with E-state index in [4.69, 9.17) is 16.3 Å². The van der Waals surface area contributed by atoms with E-state index >= 15 is 0 Å². The molecule has 6 heteroatoms. The highest BCUT2D eigenvalue weighted by Crippen LogP contribution is 2.57. The first kappa shape index (κ1) is 18.1. The van der Waals surface area contributed by atoms with Gasteiger partial charge in [-0.25, -0.2) is 4.79 Å².